The summed E-state index contributed by atoms with van der Waals surface area (Å²) in [6.07, 6.45) is 8.28. The number of aromatic nitrogens is 3. The number of rotatable bonds is 7. The van der Waals surface area contributed by atoms with Crippen LogP contribution in [0.4, 0.5) is 0 Å². The van der Waals surface area contributed by atoms with E-state index in [0.29, 0.717) is 17.6 Å². The Bertz CT molecular complexity index is 918. The zero-order valence-corrected chi connectivity index (χ0v) is 18.7. The Kier molecular flexibility index (Phi) is 5.60. The zero-order chi connectivity index (χ0) is 21.5. The maximum absolute atomic E-state index is 13.0. The molecule has 168 valence electrons. The van der Waals surface area contributed by atoms with Crippen LogP contribution in [0.3, 0.4) is 0 Å². The Hall–Kier alpha value is -2.19. The molecule has 2 aliphatic carbocycles. The van der Waals surface area contributed by atoms with Crippen molar-refractivity contribution in [1.82, 2.24) is 24.8 Å². The SMILES string of the molecule is Cc1ccoc1C(=O)N1C[C@H]2C[C@@H](n3cc(CN(C)C)nn3)[C@H](OCC3CC3)C[C@H]2C1. The third-order valence-electron chi connectivity index (χ3n) is 7.05. The number of carbonyl (C=O) groups excluding carboxylic acids is 1. The van der Waals surface area contributed by atoms with Crippen molar-refractivity contribution in [2.24, 2.45) is 17.8 Å². The summed E-state index contributed by atoms with van der Waals surface area (Å²) in [4.78, 5) is 17.1. The largest absolute Gasteiger partial charge is 0.459 e. The van der Waals surface area contributed by atoms with Gasteiger partial charge in [-0.3, -0.25) is 4.79 Å². The molecule has 0 bridgehead atoms. The van der Waals surface area contributed by atoms with Crippen LogP contribution in [0.2, 0.25) is 0 Å². The highest BCUT2D eigenvalue weighted by Gasteiger charge is 2.45. The molecule has 2 aromatic rings. The summed E-state index contributed by atoms with van der Waals surface area (Å²) < 4.78 is 13.9. The van der Waals surface area contributed by atoms with Crippen molar-refractivity contribution in [3.8, 4) is 0 Å². The second-order valence-corrected chi connectivity index (χ2v) is 9.94. The molecule has 1 saturated heterocycles. The van der Waals surface area contributed by atoms with E-state index in [1.165, 1.54) is 12.8 Å². The van der Waals surface area contributed by atoms with E-state index in [-0.39, 0.29) is 18.1 Å². The Morgan fingerprint density at radius 2 is 2.03 bits per heavy atom. The molecule has 0 aromatic carbocycles. The van der Waals surface area contributed by atoms with Crippen LogP contribution in [0, 0.1) is 24.7 Å². The Morgan fingerprint density at radius 3 is 2.71 bits per heavy atom. The molecule has 8 nitrogen and oxygen atoms in total. The van der Waals surface area contributed by atoms with Gasteiger partial charge in [0.05, 0.1) is 30.3 Å². The van der Waals surface area contributed by atoms with Gasteiger partial charge in [-0.1, -0.05) is 5.21 Å². The van der Waals surface area contributed by atoms with Crippen molar-refractivity contribution in [3.05, 3.63) is 35.5 Å². The summed E-state index contributed by atoms with van der Waals surface area (Å²) in [5, 5.41) is 8.86. The molecule has 3 fully saturated rings. The average molecular weight is 428 g/mol. The van der Waals surface area contributed by atoms with Crippen molar-refractivity contribution in [2.75, 3.05) is 33.8 Å². The molecule has 1 amide bonds. The maximum atomic E-state index is 13.0. The number of fused-ring (bicyclic) bond motifs is 1. The topological polar surface area (TPSA) is 76.6 Å². The smallest absolute Gasteiger partial charge is 0.289 e. The average Bonchev–Trinajstić information content (AvgIpc) is 3.10. The van der Waals surface area contributed by atoms with Gasteiger partial charge in [-0.2, -0.15) is 0 Å². The highest BCUT2D eigenvalue weighted by Crippen LogP contribution is 2.43. The lowest BCUT2D eigenvalue weighted by Gasteiger charge is -2.37. The normalized spacial score (nSPS) is 28.3. The van der Waals surface area contributed by atoms with Crippen molar-refractivity contribution < 1.29 is 13.9 Å². The van der Waals surface area contributed by atoms with Crippen LogP contribution in [0.25, 0.3) is 0 Å². The highest BCUT2D eigenvalue weighted by molar-refractivity contribution is 5.93. The zero-order valence-electron chi connectivity index (χ0n) is 18.7. The van der Waals surface area contributed by atoms with Gasteiger partial charge in [0.1, 0.15) is 0 Å². The quantitative estimate of drug-likeness (QED) is 0.676. The molecule has 31 heavy (non-hydrogen) atoms. The monoisotopic (exact) mass is 427 g/mol. The second-order valence-electron chi connectivity index (χ2n) is 9.94. The number of aryl methyl sites for hydroxylation is 1. The van der Waals surface area contributed by atoms with Crippen molar-refractivity contribution in [2.45, 2.75) is 51.3 Å². The van der Waals surface area contributed by atoms with E-state index in [1.54, 1.807) is 6.26 Å². The van der Waals surface area contributed by atoms with Crippen molar-refractivity contribution in [3.63, 3.8) is 0 Å². The van der Waals surface area contributed by atoms with Crippen LogP contribution in [0.1, 0.15) is 53.5 Å². The minimum Gasteiger partial charge on any atom is -0.459 e. The molecule has 3 aliphatic rings. The fourth-order valence-electron chi connectivity index (χ4n) is 5.17. The van der Waals surface area contributed by atoms with Gasteiger partial charge in [-0.25, -0.2) is 4.68 Å². The molecule has 0 spiro atoms. The van der Waals surface area contributed by atoms with Crippen molar-refractivity contribution >= 4 is 5.91 Å². The molecule has 3 heterocycles. The van der Waals surface area contributed by atoms with Crippen LogP contribution in [0.15, 0.2) is 22.9 Å². The van der Waals surface area contributed by atoms with Gasteiger partial charge in [0, 0.05) is 31.8 Å². The van der Waals surface area contributed by atoms with E-state index in [2.05, 4.69) is 21.4 Å². The van der Waals surface area contributed by atoms with Crippen LogP contribution >= 0.6 is 0 Å². The van der Waals surface area contributed by atoms with Crippen LogP contribution < -0.4 is 0 Å². The van der Waals surface area contributed by atoms with E-state index in [4.69, 9.17) is 9.15 Å². The van der Waals surface area contributed by atoms with E-state index in [9.17, 15) is 4.79 Å². The third kappa shape index (κ3) is 4.41. The summed E-state index contributed by atoms with van der Waals surface area (Å²) in [6, 6.07) is 2.02. The standard InChI is InChI=1S/C23H33N5O3/c1-15-6-7-30-22(15)23(29)27-10-17-8-20(28-13-19(24-25-28)12-26(2)3)21(9-18(17)11-27)31-14-16-4-5-16/h6-7,13,16-18,20-21H,4-5,8-12,14H2,1-3H3/t17-,18+,20-,21-/m1/s1. The Balaban J connectivity index is 1.32. The number of hydrogen-bond acceptors (Lipinski definition) is 6. The first-order valence-electron chi connectivity index (χ1n) is 11.5. The molecule has 8 heteroatoms. The molecule has 0 radical (unpaired) electrons. The van der Waals surface area contributed by atoms with Gasteiger partial charge in [-0.05, 0) is 70.5 Å². The van der Waals surface area contributed by atoms with E-state index in [1.807, 2.05) is 36.7 Å². The highest BCUT2D eigenvalue weighted by atomic mass is 16.5. The van der Waals surface area contributed by atoms with Gasteiger partial charge >= 0.3 is 0 Å². The predicted molar refractivity (Wildman–Crippen MR) is 114 cm³/mol. The minimum atomic E-state index is 0.0120. The Morgan fingerprint density at radius 1 is 1.26 bits per heavy atom. The molecular formula is C23H33N5O3. The van der Waals surface area contributed by atoms with Crippen LogP contribution in [0.5, 0.6) is 0 Å². The second kappa shape index (κ2) is 8.39. The lowest BCUT2D eigenvalue weighted by molar-refractivity contribution is -0.0375. The first-order valence-corrected chi connectivity index (χ1v) is 11.5. The predicted octanol–water partition coefficient (Wildman–Crippen LogP) is 2.76. The lowest BCUT2D eigenvalue weighted by atomic mass is 9.77. The molecular weight excluding hydrogens is 394 g/mol. The number of nitrogens with zero attached hydrogens (tertiary/aromatic N) is 5. The van der Waals surface area contributed by atoms with Crippen LogP contribution in [-0.4, -0.2) is 70.6 Å². The van der Waals surface area contributed by atoms with E-state index >= 15 is 0 Å². The molecule has 0 N–H and O–H groups in total. The van der Waals surface area contributed by atoms with Gasteiger partial charge < -0.3 is 19.0 Å². The Labute approximate surface area is 183 Å². The number of amides is 1. The lowest BCUT2D eigenvalue weighted by Crippen LogP contribution is -2.38. The number of furan rings is 1. The van der Waals surface area contributed by atoms with Gasteiger partial charge in [0.25, 0.3) is 5.91 Å². The summed E-state index contributed by atoms with van der Waals surface area (Å²) >= 11 is 0. The number of hydrogen-bond donors (Lipinski definition) is 0. The molecule has 0 unspecified atom stereocenters. The van der Waals surface area contributed by atoms with Gasteiger partial charge in [0.15, 0.2) is 5.76 Å². The first kappa shape index (κ1) is 20.7. The van der Waals surface area contributed by atoms with Gasteiger partial charge in [0.2, 0.25) is 0 Å². The molecule has 4 atom stereocenters. The van der Waals surface area contributed by atoms with Crippen molar-refractivity contribution in [1.29, 1.82) is 0 Å². The van der Waals surface area contributed by atoms with E-state index in [0.717, 1.165) is 56.3 Å². The molecule has 2 saturated carbocycles. The number of ether oxygens (including phenoxy) is 1. The summed E-state index contributed by atoms with van der Waals surface area (Å²) in [6.45, 7) is 5.09. The number of likely N-dealkylation sites (tertiary alicyclic amines) is 1. The maximum Gasteiger partial charge on any atom is 0.289 e. The van der Waals surface area contributed by atoms with Crippen LogP contribution in [-0.2, 0) is 11.3 Å². The molecule has 1 aliphatic heterocycles. The molecule has 5 rings (SSSR count). The molecule has 2 aromatic heterocycles. The fraction of sp³-hybridized carbons (Fsp3) is 0.696. The number of carbonyl (C=O) groups is 1. The van der Waals surface area contributed by atoms with E-state index < -0.39 is 0 Å². The first-order chi connectivity index (χ1) is 15.0. The summed E-state index contributed by atoms with van der Waals surface area (Å²) in [5.41, 5.74) is 1.88. The van der Waals surface area contributed by atoms with Gasteiger partial charge in [-0.15, -0.1) is 5.10 Å². The minimum absolute atomic E-state index is 0.0120. The fourth-order valence-corrected chi connectivity index (χ4v) is 5.17. The summed E-state index contributed by atoms with van der Waals surface area (Å²) in [7, 11) is 4.08. The summed E-state index contributed by atoms with van der Waals surface area (Å²) in [5.74, 6) is 2.12. The third-order valence-corrected chi connectivity index (χ3v) is 7.05.